The van der Waals surface area contributed by atoms with Crippen LogP contribution in [-0.4, -0.2) is 19.0 Å². The summed E-state index contributed by atoms with van der Waals surface area (Å²) in [5, 5.41) is 25.6. The monoisotopic (exact) mass is 531 g/mol. The van der Waals surface area contributed by atoms with Gasteiger partial charge in [-0.1, -0.05) is 18.2 Å². The highest BCUT2D eigenvalue weighted by Gasteiger charge is 2.13. The number of nitrogens with zero attached hydrogens (tertiary/aromatic N) is 2. The summed E-state index contributed by atoms with van der Waals surface area (Å²) in [7, 11) is -5.00. The molecule has 16 heteroatoms. The zero-order chi connectivity index (χ0) is 25.5. The van der Waals surface area contributed by atoms with Crippen molar-refractivity contribution < 1.29 is 36.8 Å². The van der Waals surface area contributed by atoms with Crippen molar-refractivity contribution in [2.24, 2.45) is 16.0 Å². The number of hydrogen-bond donors (Lipinski definition) is 3. The molecule has 0 radical (unpaired) electrons. The summed E-state index contributed by atoms with van der Waals surface area (Å²) in [4.78, 5) is 10.7. The van der Waals surface area contributed by atoms with E-state index in [1.54, 1.807) is 0 Å². The first-order valence-electron chi connectivity index (χ1n) is 8.76. The molecule has 0 aliphatic carbocycles. The van der Waals surface area contributed by atoms with Crippen LogP contribution in [0, 0.1) is 0 Å². The van der Waals surface area contributed by atoms with E-state index in [1.807, 2.05) is 0 Å². The molecule has 2 aromatic rings. The van der Waals surface area contributed by atoms with Crippen LogP contribution < -0.4 is 21.6 Å². The third-order valence-corrected chi connectivity index (χ3v) is 5.70. The fraction of sp³-hybridized carbons (Fsp3) is 0.0556. The zero-order valence-corrected chi connectivity index (χ0v) is 19.5. The van der Waals surface area contributed by atoms with Crippen LogP contribution in [0.15, 0.2) is 79.6 Å². The van der Waals surface area contributed by atoms with E-state index in [0.717, 1.165) is 12.1 Å². The van der Waals surface area contributed by atoms with Gasteiger partial charge in [0.2, 0.25) is 0 Å². The third-order valence-electron chi connectivity index (χ3n) is 3.78. The normalized spacial score (nSPS) is 12.4. The molecule has 0 heterocycles. The Balaban J connectivity index is 2.45. The number of carbonyl (C=O) groups is 1. The summed E-state index contributed by atoms with van der Waals surface area (Å²) in [6.07, 6.45) is 0. The zero-order valence-electron chi connectivity index (χ0n) is 17.1. The minimum Gasteiger partial charge on any atom is -0.744 e. The van der Waals surface area contributed by atoms with Crippen LogP contribution in [0.1, 0.15) is 6.92 Å². The van der Waals surface area contributed by atoms with Crippen molar-refractivity contribution in [2.75, 3.05) is 10.6 Å². The maximum atomic E-state index is 13.2. The number of carbonyl (C=O) groups excluding carboxylic acids is 1. The van der Waals surface area contributed by atoms with Crippen LogP contribution in [0.3, 0.4) is 0 Å². The fourth-order valence-corrected chi connectivity index (χ4v) is 3.55. The Hall–Kier alpha value is -3.05. The Morgan fingerprint density at radius 2 is 1.85 bits per heavy atom. The first kappa shape index (κ1) is 27.2. The summed E-state index contributed by atoms with van der Waals surface area (Å²) >= 11 is 6.17. The van der Waals surface area contributed by atoms with Gasteiger partial charge in [-0.15, -0.1) is 10.2 Å². The second-order valence-electron chi connectivity index (χ2n) is 6.19. The molecule has 0 spiro atoms. The Morgan fingerprint density at radius 3 is 2.44 bits per heavy atom. The lowest BCUT2D eigenvalue weighted by atomic mass is 10.2. The van der Waals surface area contributed by atoms with E-state index in [0.29, 0.717) is 17.7 Å². The number of allylic oxidation sites excluding steroid dienone is 3. The lowest BCUT2D eigenvalue weighted by molar-refractivity contribution is -0.777. The van der Waals surface area contributed by atoms with Gasteiger partial charge in [0.1, 0.15) is 27.3 Å². The van der Waals surface area contributed by atoms with Crippen molar-refractivity contribution in [1.82, 2.24) is 0 Å². The van der Waals surface area contributed by atoms with E-state index in [1.165, 1.54) is 31.2 Å². The molecule has 2 rings (SSSR count). The molecule has 0 saturated heterocycles. The SMILES string of the molecule is C=C(F)/C(Cl)=C(\C)Nc1ccc(N=Nc2ccc(SOO[O-])cc2S(=O)(=O)[O-])c(NC(N)=O)c1. The van der Waals surface area contributed by atoms with Crippen molar-refractivity contribution in [2.45, 2.75) is 16.7 Å². The molecule has 0 saturated carbocycles. The minimum atomic E-state index is -5.00. The van der Waals surface area contributed by atoms with Gasteiger partial charge in [0.25, 0.3) is 0 Å². The molecule has 0 unspecified atom stereocenters. The van der Waals surface area contributed by atoms with Crippen LogP contribution >= 0.6 is 23.6 Å². The van der Waals surface area contributed by atoms with Crippen LogP contribution in [-0.2, 0) is 19.5 Å². The number of halogens is 2. The van der Waals surface area contributed by atoms with E-state index in [-0.39, 0.29) is 32.7 Å². The highest BCUT2D eigenvalue weighted by atomic mass is 35.5. The number of nitrogens with two attached hydrogens (primary N) is 1. The second-order valence-corrected chi connectivity index (χ2v) is 8.69. The van der Waals surface area contributed by atoms with Crippen LogP contribution in [0.2, 0.25) is 0 Å². The van der Waals surface area contributed by atoms with Gasteiger partial charge in [-0.25, -0.2) is 17.6 Å². The molecule has 4 N–H and O–H groups in total. The van der Waals surface area contributed by atoms with E-state index >= 15 is 0 Å². The van der Waals surface area contributed by atoms with Gasteiger partial charge >= 0.3 is 6.03 Å². The Morgan fingerprint density at radius 1 is 1.21 bits per heavy atom. The van der Waals surface area contributed by atoms with Gasteiger partial charge in [0.05, 0.1) is 27.7 Å². The van der Waals surface area contributed by atoms with E-state index in [4.69, 9.17) is 17.3 Å². The van der Waals surface area contributed by atoms with Crippen LogP contribution in [0.5, 0.6) is 0 Å². The van der Waals surface area contributed by atoms with Crippen LogP contribution in [0.25, 0.3) is 0 Å². The molecule has 0 aliphatic rings. The molecule has 2 aromatic carbocycles. The number of amides is 2. The quantitative estimate of drug-likeness (QED) is 0.101. The van der Waals surface area contributed by atoms with Gasteiger partial charge < -0.3 is 26.2 Å². The second kappa shape index (κ2) is 11.9. The Labute approximate surface area is 202 Å². The number of nitrogens with one attached hydrogen (secondary N) is 2. The molecule has 0 aromatic heterocycles. The smallest absolute Gasteiger partial charge is 0.316 e. The van der Waals surface area contributed by atoms with Gasteiger partial charge in [0, 0.05) is 16.3 Å². The lowest BCUT2D eigenvalue weighted by Crippen LogP contribution is -2.19. The molecular weight excluding hydrogens is 517 g/mol. The van der Waals surface area contributed by atoms with Gasteiger partial charge in [-0.3, -0.25) is 5.04 Å². The van der Waals surface area contributed by atoms with E-state index in [9.17, 15) is 27.4 Å². The molecule has 0 fully saturated rings. The molecule has 34 heavy (non-hydrogen) atoms. The first-order chi connectivity index (χ1) is 15.9. The standard InChI is InChI=1S/C18H17ClFN5O7S2/c1-9(20)17(19)10(2)22-11-3-5-13(15(7-11)23-18(21)26)24-25-14-6-4-12(33-32-31-27)8-16(14)34(28,29)30/h3-8,22,27H,1H2,2H3,(H3,21,23,26)(H,28,29,30)/p-2/b17-10-,25-24?. The average Bonchev–Trinajstić information content (AvgIpc) is 2.75. The number of urea groups is 1. The van der Waals surface area contributed by atoms with Crippen molar-refractivity contribution in [3.63, 3.8) is 0 Å². The maximum Gasteiger partial charge on any atom is 0.316 e. The highest BCUT2D eigenvalue weighted by molar-refractivity contribution is 7.94. The van der Waals surface area contributed by atoms with Crippen molar-refractivity contribution >= 4 is 62.5 Å². The van der Waals surface area contributed by atoms with Gasteiger partial charge in [-0.05, 0) is 43.3 Å². The van der Waals surface area contributed by atoms with Gasteiger partial charge in [0.15, 0.2) is 0 Å². The number of primary amides is 1. The number of rotatable bonds is 10. The van der Waals surface area contributed by atoms with Crippen molar-refractivity contribution in [3.8, 4) is 0 Å². The highest BCUT2D eigenvalue weighted by Crippen LogP contribution is 2.34. The summed E-state index contributed by atoms with van der Waals surface area (Å²) in [5.41, 5.74) is 5.50. The molecule has 2 amide bonds. The summed E-state index contributed by atoms with van der Waals surface area (Å²) in [5.74, 6) is -0.853. The number of benzene rings is 2. The molecular formula is C18H15ClFN5O7S2-2. The van der Waals surface area contributed by atoms with Crippen LogP contribution in [0.4, 0.5) is 31.9 Å². The number of azo groups is 1. The van der Waals surface area contributed by atoms with E-state index in [2.05, 4.69) is 36.8 Å². The fourth-order valence-electron chi connectivity index (χ4n) is 2.40. The van der Waals surface area contributed by atoms with Crippen molar-refractivity contribution in [1.29, 1.82) is 0 Å². The van der Waals surface area contributed by atoms with E-state index < -0.39 is 26.9 Å². The minimum absolute atomic E-state index is 0.0303. The third kappa shape index (κ3) is 7.77. The van der Waals surface area contributed by atoms with Crippen molar-refractivity contribution in [3.05, 3.63) is 59.5 Å². The average molecular weight is 532 g/mol. The lowest BCUT2D eigenvalue weighted by Gasteiger charge is -2.13. The summed E-state index contributed by atoms with van der Waals surface area (Å²) < 4.78 is 52.2. The number of hydrogen-bond acceptors (Lipinski definition) is 11. The number of anilines is 2. The Bertz CT molecular complexity index is 1270. The molecule has 0 aliphatic heterocycles. The predicted molar refractivity (Wildman–Crippen MR) is 119 cm³/mol. The Kier molecular flexibility index (Phi) is 9.51. The maximum absolute atomic E-state index is 13.2. The van der Waals surface area contributed by atoms with Gasteiger partial charge in [-0.2, -0.15) is 4.33 Å². The molecule has 182 valence electrons. The molecule has 0 bridgehead atoms. The largest absolute Gasteiger partial charge is 0.744 e. The topological polar surface area (TPSA) is 191 Å². The summed E-state index contributed by atoms with van der Waals surface area (Å²) in [6.45, 7) is 4.58. The first-order valence-corrected chi connectivity index (χ1v) is 11.3. The summed E-state index contributed by atoms with van der Waals surface area (Å²) in [6, 6.07) is 6.62. The molecule has 0 atom stereocenters. The predicted octanol–water partition coefficient (Wildman–Crippen LogP) is 4.09. The molecule has 12 nitrogen and oxygen atoms in total.